The molecule has 0 aliphatic rings. The van der Waals surface area contributed by atoms with Gasteiger partial charge in [-0.2, -0.15) is 21.8 Å². The van der Waals surface area contributed by atoms with E-state index in [0.29, 0.717) is 0 Å². The van der Waals surface area contributed by atoms with Gasteiger partial charge in [-0.05, 0) is 6.92 Å². The van der Waals surface area contributed by atoms with Gasteiger partial charge in [0, 0.05) is 0 Å². The van der Waals surface area contributed by atoms with Crippen molar-refractivity contribution in [2.45, 2.75) is 24.7 Å². The fraction of sp³-hybridized carbons (Fsp3) is 1.00. The molecule has 0 spiro atoms. The Morgan fingerprint density at radius 2 is 1.62 bits per heavy atom. The SMILES string of the molecule is CC(F)C(F)(F)C(F)(F)P(=O)(O)F. The van der Waals surface area contributed by atoms with Crippen molar-refractivity contribution < 1.29 is 35.6 Å². The summed E-state index contributed by atoms with van der Waals surface area (Å²) in [5.74, 6) is -5.51. The van der Waals surface area contributed by atoms with E-state index in [2.05, 4.69) is 0 Å². The van der Waals surface area contributed by atoms with Gasteiger partial charge < -0.3 is 4.89 Å². The van der Waals surface area contributed by atoms with Gasteiger partial charge in [0.2, 0.25) is 0 Å². The first-order valence-electron chi connectivity index (χ1n) is 2.87. The van der Waals surface area contributed by atoms with E-state index in [1.807, 2.05) is 0 Å². The van der Waals surface area contributed by atoms with Crippen LogP contribution in [0.1, 0.15) is 6.92 Å². The zero-order chi connectivity index (χ0) is 11.1. The molecule has 1 N–H and O–H groups in total. The predicted molar refractivity (Wildman–Crippen MR) is 31.4 cm³/mol. The Morgan fingerprint density at radius 3 is 1.69 bits per heavy atom. The first-order valence-corrected chi connectivity index (χ1v) is 4.42. The number of alkyl halides is 5. The molecule has 0 heterocycles. The molecule has 0 saturated carbocycles. The third-order valence-electron chi connectivity index (χ3n) is 1.25. The highest BCUT2D eigenvalue weighted by molar-refractivity contribution is 7.53. The van der Waals surface area contributed by atoms with Crippen molar-refractivity contribution in [1.82, 2.24) is 0 Å². The van der Waals surface area contributed by atoms with Gasteiger partial charge in [0.25, 0.3) is 0 Å². The van der Waals surface area contributed by atoms with Crippen LogP contribution in [-0.2, 0) is 4.57 Å². The highest BCUT2D eigenvalue weighted by Gasteiger charge is 2.71. The van der Waals surface area contributed by atoms with Crippen LogP contribution in [0.4, 0.5) is 26.1 Å². The molecule has 2 atom stereocenters. The van der Waals surface area contributed by atoms with Crippen LogP contribution in [0, 0.1) is 0 Å². The molecule has 0 rings (SSSR count). The Bertz CT molecular complexity index is 233. The minimum absolute atomic E-state index is 0.0313. The van der Waals surface area contributed by atoms with Gasteiger partial charge in [-0.3, -0.25) is 0 Å². The minimum Gasteiger partial charge on any atom is -0.317 e. The van der Waals surface area contributed by atoms with E-state index in [0.717, 1.165) is 0 Å². The van der Waals surface area contributed by atoms with Crippen molar-refractivity contribution in [2.24, 2.45) is 0 Å². The molecular formula is C4H5F6O2P. The summed E-state index contributed by atoms with van der Waals surface area (Å²) in [6, 6.07) is 0. The van der Waals surface area contributed by atoms with E-state index >= 15 is 0 Å². The fourth-order valence-corrected chi connectivity index (χ4v) is 0.969. The lowest BCUT2D eigenvalue weighted by Crippen LogP contribution is -2.45. The van der Waals surface area contributed by atoms with Gasteiger partial charge in [0.15, 0.2) is 6.17 Å². The first kappa shape index (κ1) is 12.8. The number of rotatable bonds is 3. The molecule has 80 valence electrons. The monoisotopic (exact) mass is 230 g/mol. The number of hydrogen-bond donors (Lipinski definition) is 1. The lowest BCUT2D eigenvalue weighted by atomic mass is 10.2. The molecule has 0 aromatic rings. The summed E-state index contributed by atoms with van der Waals surface area (Å²) in [5, 5.41) is 0. The average molecular weight is 230 g/mol. The average Bonchev–Trinajstić information content (AvgIpc) is 1.84. The van der Waals surface area contributed by atoms with Crippen LogP contribution in [0.25, 0.3) is 0 Å². The normalized spacial score (nSPS) is 20.9. The summed E-state index contributed by atoms with van der Waals surface area (Å²) >= 11 is 0. The van der Waals surface area contributed by atoms with Crippen LogP contribution in [0.5, 0.6) is 0 Å². The Hall–Kier alpha value is -0.230. The predicted octanol–water partition coefficient (Wildman–Crippen LogP) is 2.73. The molecule has 2 unspecified atom stereocenters. The summed E-state index contributed by atoms with van der Waals surface area (Å²) in [5.41, 5.74) is -5.91. The third-order valence-corrected chi connectivity index (χ3v) is 2.24. The third kappa shape index (κ3) is 1.99. The summed E-state index contributed by atoms with van der Waals surface area (Å²) in [7, 11) is -6.87. The fourth-order valence-electron chi connectivity index (χ4n) is 0.423. The van der Waals surface area contributed by atoms with Crippen molar-refractivity contribution in [3.63, 3.8) is 0 Å². The molecule has 0 amide bonds. The largest absolute Gasteiger partial charge is 0.439 e. The van der Waals surface area contributed by atoms with Crippen molar-refractivity contribution in [2.75, 3.05) is 0 Å². The lowest BCUT2D eigenvalue weighted by Gasteiger charge is -2.26. The van der Waals surface area contributed by atoms with Gasteiger partial charge >= 0.3 is 19.3 Å². The zero-order valence-electron chi connectivity index (χ0n) is 6.15. The topological polar surface area (TPSA) is 37.3 Å². The van der Waals surface area contributed by atoms with Crippen LogP contribution in [0.15, 0.2) is 0 Å². The van der Waals surface area contributed by atoms with Gasteiger partial charge in [-0.1, -0.05) is 0 Å². The Labute approximate surface area is 69.1 Å². The van der Waals surface area contributed by atoms with Crippen molar-refractivity contribution in [3.8, 4) is 0 Å². The highest BCUT2D eigenvalue weighted by Crippen LogP contribution is 2.64. The summed E-state index contributed by atoms with van der Waals surface area (Å²) in [6.07, 6.45) is -3.43. The summed E-state index contributed by atoms with van der Waals surface area (Å²) in [4.78, 5) is 7.62. The maximum absolute atomic E-state index is 12.1. The number of halogens is 6. The van der Waals surface area contributed by atoms with Crippen LogP contribution in [0.3, 0.4) is 0 Å². The molecule has 0 bridgehead atoms. The molecule has 0 fully saturated rings. The first-order chi connectivity index (χ1) is 5.44. The van der Waals surface area contributed by atoms with E-state index in [1.54, 1.807) is 0 Å². The van der Waals surface area contributed by atoms with Gasteiger partial charge in [0.05, 0.1) is 0 Å². The van der Waals surface area contributed by atoms with E-state index < -0.39 is 25.4 Å². The van der Waals surface area contributed by atoms with Crippen molar-refractivity contribution >= 4 is 7.68 Å². The van der Waals surface area contributed by atoms with E-state index in [-0.39, 0.29) is 6.92 Å². The van der Waals surface area contributed by atoms with Gasteiger partial charge in [-0.15, -0.1) is 0 Å². The van der Waals surface area contributed by atoms with Gasteiger partial charge in [0.1, 0.15) is 0 Å². The molecule has 0 aromatic carbocycles. The van der Waals surface area contributed by atoms with Crippen LogP contribution in [0.2, 0.25) is 0 Å². The van der Waals surface area contributed by atoms with E-state index in [4.69, 9.17) is 4.89 Å². The van der Waals surface area contributed by atoms with Crippen LogP contribution in [-0.4, -0.2) is 22.7 Å². The Kier molecular flexibility index (Phi) is 3.11. The second-order valence-electron chi connectivity index (χ2n) is 2.28. The van der Waals surface area contributed by atoms with Gasteiger partial charge in [-0.25, -0.2) is 8.96 Å². The standard InChI is InChI=1S/C4H5F6O2P/c1-2(5)3(6,7)4(8,9)13(10,11)12/h2H,1H3,(H,11,12). The molecule has 0 aliphatic carbocycles. The highest BCUT2D eigenvalue weighted by atomic mass is 31.2. The van der Waals surface area contributed by atoms with Crippen molar-refractivity contribution in [1.29, 1.82) is 0 Å². The second-order valence-corrected chi connectivity index (χ2v) is 3.85. The molecule has 0 aliphatic heterocycles. The molecule has 13 heavy (non-hydrogen) atoms. The van der Waals surface area contributed by atoms with Crippen molar-refractivity contribution in [3.05, 3.63) is 0 Å². The van der Waals surface area contributed by atoms with E-state index in [9.17, 15) is 30.7 Å². The summed E-state index contributed by atoms with van der Waals surface area (Å²) < 4.78 is 81.7. The number of hydrogen-bond acceptors (Lipinski definition) is 1. The molecule has 9 heteroatoms. The maximum atomic E-state index is 12.1. The maximum Gasteiger partial charge on any atom is 0.439 e. The molecule has 0 radical (unpaired) electrons. The smallest absolute Gasteiger partial charge is 0.317 e. The molecular weight excluding hydrogens is 225 g/mol. The second kappa shape index (κ2) is 3.16. The van der Waals surface area contributed by atoms with E-state index in [1.165, 1.54) is 0 Å². The van der Waals surface area contributed by atoms with Crippen LogP contribution < -0.4 is 0 Å². The molecule has 2 nitrogen and oxygen atoms in total. The molecule has 0 aromatic heterocycles. The quantitative estimate of drug-likeness (QED) is 0.597. The summed E-state index contributed by atoms with van der Waals surface area (Å²) in [6.45, 7) is 0.0313. The Balaban J connectivity index is 5.16. The van der Waals surface area contributed by atoms with Crippen LogP contribution >= 0.6 is 7.68 Å². The lowest BCUT2D eigenvalue weighted by molar-refractivity contribution is -0.197. The Morgan fingerprint density at radius 1 is 1.31 bits per heavy atom. The minimum atomic E-state index is -6.87. The zero-order valence-corrected chi connectivity index (χ0v) is 7.04. The molecule has 0 saturated heterocycles.